The molecular formula is C124H148N12O4. The molecule has 728 valence electrons. The third kappa shape index (κ3) is 31.2. The largest absolute Gasteiger partial charge is 0.352 e. The van der Waals surface area contributed by atoms with Crippen LogP contribution in [-0.4, -0.2) is 43.6 Å². The Balaban J connectivity index is 0.000000306. The predicted molar refractivity (Wildman–Crippen MR) is 602 cm³/mol. The van der Waals surface area contributed by atoms with Crippen molar-refractivity contribution in [3.05, 3.63) is 434 Å². The van der Waals surface area contributed by atoms with Crippen LogP contribution in [0, 0.1) is 0 Å². The van der Waals surface area contributed by atoms with Gasteiger partial charge in [0.05, 0.1) is 118 Å². The topological polar surface area (TPSA) is 181 Å². The average Bonchev–Trinajstić information content (AvgIpc) is 1.65. The Bertz CT molecular complexity index is 5460. The number of hydrogen-bond donors (Lipinski definition) is 4. The molecule has 0 fully saturated rings. The zero-order valence-corrected chi connectivity index (χ0v) is 87.0. The summed E-state index contributed by atoms with van der Waals surface area (Å²) in [5, 5.41) is 13.5. The number of nitrogens with zero attached hydrogens (tertiary/aromatic N) is 8. The summed E-state index contributed by atoms with van der Waals surface area (Å²) in [6.45, 7) is 49.9. The second kappa shape index (κ2) is 65.1. The van der Waals surface area contributed by atoms with Gasteiger partial charge in [0.1, 0.15) is 0 Å². The number of pyridine rings is 4. The number of nitrogens with one attached hydrogen (secondary N) is 4. The molecule has 0 spiro atoms. The van der Waals surface area contributed by atoms with Crippen LogP contribution in [0.3, 0.4) is 0 Å². The Hall–Kier alpha value is -15.7. The summed E-state index contributed by atoms with van der Waals surface area (Å²) in [6.07, 6.45) is 10.4. The van der Waals surface area contributed by atoms with E-state index >= 15 is 0 Å². The van der Waals surface area contributed by atoms with Crippen LogP contribution in [-0.2, 0) is 26.2 Å². The van der Waals surface area contributed by atoms with Gasteiger partial charge in [0.2, 0.25) is 0 Å². The number of rotatable bonds is 12. The van der Waals surface area contributed by atoms with Gasteiger partial charge in [-0.15, -0.1) is 0 Å². The molecule has 12 aromatic carbocycles. The van der Waals surface area contributed by atoms with Gasteiger partial charge in [0.25, 0.3) is 23.6 Å². The van der Waals surface area contributed by atoms with Crippen molar-refractivity contribution in [1.29, 1.82) is 0 Å². The van der Waals surface area contributed by atoms with Crippen LogP contribution < -0.4 is 40.9 Å². The van der Waals surface area contributed by atoms with Gasteiger partial charge in [-0.2, -0.15) is 0 Å². The van der Waals surface area contributed by atoms with E-state index in [1.165, 1.54) is 0 Å². The Morgan fingerprint density at radius 2 is 0.400 bits per heavy atom. The van der Waals surface area contributed by atoms with Crippen LogP contribution in [0.5, 0.6) is 0 Å². The van der Waals surface area contributed by atoms with E-state index in [4.69, 9.17) is 0 Å². The van der Waals surface area contributed by atoms with E-state index in [0.717, 1.165) is 124 Å². The Morgan fingerprint density at radius 3 is 0.629 bits per heavy atom. The van der Waals surface area contributed by atoms with Crippen LogP contribution in [0.4, 0.5) is 68.5 Å². The number of carbonyl (C=O) groups excluding carboxylic acids is 4. The van der Waals surface area contributed by atoms with Crippen LogP contribution >= 0.6 is 0 Å². The highest BCUT2D eigenvalue weighted by Gasteiger charge is 2.33. The van der Waals surface area contributed by atoms with Crippen LogP contribution in [0.1, 0.15) is 230 Å². The van der Waals surface area contributed by atoms with Gasteiger partial charge in [0, 0.05) is 24.8 Å². The number of amides is 4. The SMILES string of the molecule is CC.CC.CC.CC.CC.CC.CC.CC.CC.CC.CC.CC.O=C1c2cc(-c3ccccc3)ccc2Nc2cnccc2N1Cc1ccccc1.O=C1c2cc(-c3ccccc3)ccc2Nc2cnccc2N1Cc1ccccc1.O=C1c2cc(-c3ccccc3)ccc2Nc2ncccc2N1Cc1ccccc1.O=C1c2cc(-c3ccccc3)ccc2Nc2ncccc2N1Cc1ccccc1. The third-order valence-electron chi connectivity index (χ3n) is 20.5. The monoisotopic (exact) mass is 1870 g/mol. The maximum absolute atomic E-state index is 13.7. The average molecular weight is 1870 g/mol. The summed E-state index contributed by atoms with van der Waals surface area (Å²) in [7, 11) is 0. The molecule has 0 atom stereocenters. The fourth-order valence-corrected chi connectivity index (χ4v) is 14.7. The summed E-state index contributed by atoms with van der Waals surface area (Å²) >= 11 is 0. The van der Waals surface area contributed by atoms with Gasteiger partial charge in [0.15, 0.2) is 11.6 Å². The number of anilines is 12. The standard InChI is InChI=1S/4C25H19N3O.12C2H6/c2*29-25-21-16-20(19-10-5-2-6-11-19)13-14-22(21)27-24-23(12-7-15-26-24)28(25)17-18-8-3-1-4-9-18;2*29-25-21-15-20(19-9-5-2-6-10-19)11-12-22(21)27-23-16-26-14-13-24(23)28(25)17-18-7-3-1-4-8-18;12*1-2/h2*1-16H,17H2,(H,26,27);2*1-16,27H,17H2;12*1-2H3. The fraction of sp³-hybridized carbons (Fsp3) is 0.226. The van der Waals surface area contributed by atoms with Gasteiger partial charge in [-0.1, -0.05) is 433 Å². The van der Waals surface area contributed by atoms with E-state index in [2.05, 4.69) is 65.5 Å². The van der Waals surface area contributed by atoms with Crippen molar-refractivity contribution in [2.75, 3.05) is 40.9 Å². The first-order valence-corrected chi connectivity index (χ1v) is 50.3. The highest BCUT2D eigenvalue weighted by molar-refractivity contribution is 6.17. The quantitative estimate of drug-likeness (QED) is 0.0910. The van der Waals surface area contributed by atoms with Crippen molar-refractivity contribution < 1.29 is 19.2 Å². The van der Waals surface area contributed by atoms with Gasteiger partial charge < -0.3 is 40.9 Å². The Labute approximate surface area is 837 Å². The van der Waals surface area contributed by atoms with Crippen LogP contribution in [0.15, 0.2) is 389 Å². The van der Waals surface area contributed by atoms with E-state index in [1.807, 2.05) is 504 Å². The molecular weight excluding hydrogens is 1720 g/mol. The molecule has 4 aliphatic rings. The summed E-state index contributed by atoms with van der Waals surface area (Å²) in [5.74, 6) is 1.23. The van der Waals surface area contributed by atoms with Crippen molar-refractivity contribution in [3.63, 3.8) is 0 Å². The maximum Gasteiger partial charge on any atom is 0.260 e. The molecule has 4 aromatic heterocycles. The molecule has 0 saturated carbocycles. The van der Waals surface area contributed by atoms with Crippen molar-refractivity contribution in [2.45, 2.75) is 192 Å². The van der Waals surface area contributed by atoms with E-state index in [0.29, 0.717) is 60.1 Å². The van der Waals surface area contributed by atoms with E-state index in [9.17, 15) is 19.2 Å². The Morgan fingerprint density at radius 1 is 0.193 bits per heavy atom. The zero-order chi connectivity index (χ0) is 103. The number of hydrogen-bond acceptors (Lipinski definition) is 12. The number of benzene rings is 12. The molecule has 0 bridgehead atoms. The van der Waals surface area contributed by atoms with Crippen molar-refractivity contribution >= 4 is 92.1 Å². The smallest absolute Gasteiger partial charge is 0.260 e. The molecule has 16 aromatic rings. The van der Waals surface area contributed by atoms with Crippen molar-refractivity contribution in [2.24, 2.45) is 0 Å². The first-order chi connectivity index (χ1) is 69.2. The lowest BCUT2D eigenvalue weighted by Gasteiger charge is -2.22. The first-order valence-electron chi connectivity index (χ1n) is 50.3. The van der Waals surface area contributed by atoms with Crippen LogP contribution in [0.2, 0.25) is 0 Å². The zero-order valence-electron chi connectivity index (χ0n) is 87.0. The fourth-order valence-electron chi connectivity index (χ4n) is 14.7. The minimum atomic E-state index is -0.0408. The van der Waals surface area contributed by atoms with Crippen molar-refractivity contribution in [1.82, 2.24) is 19.9 Å². The minimum absolute atomic E-state index is 0.0286. The molecule has 4 aliphatic heterocycles. The molecule has 0 unspecified atom stereocenters. The summed E-state index contributed by atoms with van der Waals surface area (Å²) in [4.78, 5) is 79.3. The molecule has 20 rings (SSSR count). The second-order valence-electron chi connectivity index (χ2n) is 28.0. The van der Waals surface area contributed by atoms with Gasteiger partial charge in [-0.05, 0) is 152 Å². The lowest BCUT2D eigenvalue weighted by atomic mass is 10.0. The predicted octanol–water partition coefficient (Wildman–Crippen LogP) is 34.9. The lowest BCUT2D eigenvalue weighted by molar-refractivity contribution is 0.0979. The second-order valence-corrected chi connectivity index (χ2v) is 28.0. The maximum atomic E-state index is 13.7. The highest BCUT2D eigenvalue weighted by Crippen LogP contribution is 2.43. The molecule has 140 heavy (non-hydrogen) atoms. The van der Waals surface area contributed by atoms with E-state index < -0.39 is 0 Å². The summed E-state index contributed by atoms with van der Waals surface area (Å²) in [5.41, 5.74) is 23.2. The van der Waals surface area contributed by atoms with E-state index in [-0.39, 0.29) is 23.6 Å². The van der Waals surface area contributed by atoms with Crippen LogP contribution in [0.25, 0.3) is 44.5 Å². The molecule has 16 heteroatoms. The molecule has 0 radical (unpaired) electrons. The lowest BCUT2D eigenvalue weighted by Crippen LogP contribution is -2.29. The molecule has 4 N–H and O–H groups in total. The van der Waals surface area contributed by atoms with Gasteiger partial charge in [-0.3, -0.25) is 29.1 Å². The molecule has 0 aliphatic carbocycles. The summed E-state index contributed by atoms with van der Waals surface area (Å²) < 4.78 is 0. The number of aromatic nitrogens is 4. The Kier molecular flexibility index (Phi) is 53.4. The highest BCUT2D eigenvalue weighted by atomic mass is 16.2. The normalized spacial score (nSPS) is 10.9. The molecule has 0 saturated heterocycles. The third-order valence-corrected chi connectivity index (χ3v) is 20.5. The van der Waals surface area contributed by atoms with Crippen molar-refractivity contribution in [3.8, 4) is 44.5 Å². The molecule has 4 amide bonds. The number of carbonyl (C=O) groups is 4. The first kappa shape index (κ1) is 115. The van der Waals surface area contributed by atoms with Gasteiger partial charge >= 0.3 is 0 Å². The minimum Gasteiger partial charge on any atom is -0.352 e. The van der Waals surface area contributed by atoms with Gasteiger partial charge in [-0.25, -0.2) is 9.97 Å². The summed E-state index contributed by atoms with van der Waals surface area (Å²) in [6, 6.07) is 116. The molecule has 8 heterocycles. The number of fused-ring (bicyclic) bond motifs is 8. The van der Waals surface area contributed by atoms with E-state index in [1.54, 1.807) is 47.0 Å². The molecule has 16 nitrogen and oxygen atoms in total.